The average molecular weight is 209 g/mol. The molecule has 5 heteroatoms. The van der Waals surface area contributed by atoms with Gasteiger partial charge in [0.1, 0.15) is 5.67 Å². The summed E-state index contributed by atoms with van der Waals surface area (Å²) in [4.78, 5) is 0. The maximum absolute atomic E-state index is 13.9. The van der Waals surface area contributed by atoms with Crippen molar-refractivity contribution in [2.45, 2.75) is 24.9 Å². The van der Waals surface area contributed by atoms with Crippen molar-refractivity contribution in [1.29, 1.82) is 0 Å². The first-order valence-electron chi connectivity index (χ1n) is 4.49. The quantitative estimate of drug-likeness (QED) is 0.721. The molecule has 0 bridgehead atoms. The Kier molecular flexibility index (Phi) is 3.29. The van der Waals surface area contributed by atoms with E-state index in [1.165, 1.54) is 0 Å². The topological polar surface area (TPSA) is 46.2 Å². The van der Waals surface area contributed by atoms with Crippen LogP contribution >= 0.6 is 0 Å². The van der Waals surface area contributed by atoms with Crippen LogP contribution in [0.2, 0.25) is 0 Å². The van der Waals surface area contributed by atoms with Gasteiger partial charge in [0.15, 0.2) is 9.84 Å². The van der Waals surface area contributed by atoms with Crippen molar-refractivity contribution in [3.63, 3.8) is 0 Å². The van der Waals surface area contributed by atoms with Gasteiger partial charge in [-0.1, -0.05) is 0 Å². The Hall–Kier alpha value is -0.160. The smallest absolute Gasteiger partial charge is 0.150 e. The Morgan fingerprint density at radius 3 is 2.69 bits per heavy atom. The van der Waals surface area contributed by atoms with Gasteiger partial charge >= 0.3 is 0 Å². The molecule has 1 unspecified atom stereocenters. The van der Waals surface area contributed by atoms with E-state index in [-0.39, 0.29) is 5.75 Å². The molecule has 1 aliphatic rings. The van der Waals surface area contributed by atoms with Crippen molar-refractivity contribution in [3.8, 4) is 0 Å². The van der Waals surface area contributed by atoms with Gasteiger partial charge in [0.2, 0.25) is 0 Å². The molecule has 0 aromatic carbocycles. The van der Waals surface area contributed by atoms with Crippen LogP contribution in [-0.4, -0.2) is 39.2 Å². The predicted molar refractivity (Wildman–Crippen MR) is 50.3 cm³/mol. The lowest BCUT2D eigenvalue weighted by Gasteiger charge is -2.21. The zero-order chi connectivity index (χ0) is 9.95. The van der Waals surface area contributed by atoms with Gasteiger partial charge in [0.05, 0.1) is 5.75 Å². The van der Waals surface area contributed by atoms with Crippen LogP contribution in [0.3, 0.4) is 0 Å². The number of halogens is 1. The zero-order valence-electron chi connectivity index (χ0n) is 7.85. The van der Waals surface area contributed by atoms with E-state index in [0.29, 0.717) is 25.8 Å². The van der Waals surface area contributed by atoms with Crippen molar-refractivity contribution in [1.82, 2.24) is 5.32 Å². The lowest BCUT2D eigenvalue weighted by atomic mass is 10.00. The second kappa shape index (κ2) is 3.92. The van der Waals surface area contributed by atoms with Gasteiger partial charge in [-0.2, -0.15) is 0 Å². The van der Waals surface area contributed by atoms with E-state index in [9.17, 15) is 12.8 Å². The molecule has 0 spiro atoms. The minimum atomic E-state index is -3.20. The Morgan fingerprint density at radius 1 is 1.38 bits per heavy atom. The predicted octanol–water partition coefficient (Wildman–Crippen LogP) is 0.513. The van der Waals surface area contributed by atoms with Gasteiger partial charge in [-0.15, -0.1) is 0 Å². The molecule has 0 aromatic rings. The number of sulfone groups is 1. The van der Waals surface area contributed by atoms with Crippen molar-refractivity contribution in [2.24, 2.45) is 0 Å². The molecule has 0 aliphatic carbocycles. The fraction of sp³-hybridized carbons (Fsp3) is 1.00. The highest BCUT2D eigenvalue weighted by molar-refractivity contribution is 7.90. The Bertz CT molecular complexity index is 255. The minimum Gasteiger partial charge on any atom is -0.317 e. The summed E-state index contributed by atoms with van der Waals surface area (Å²) in [6.07, 6.45) is 2.46. The second-order valence-electron chi connectivity index (χ2n) is 3.82. The number of hydrogen-bond donors (Lipinski definition) is 1. The Morgan fingerprint density at radius 2 is 2.08 bits per heavy atom. The summed E-state index contributed by atoms with van der Waals surface area (Å²) >= 11 is 0. The lowest BCUT2D eigenvalue weighted by Crippen LogP contribution is -2.33. The highest BCUT2D eigenvalue weighted by Crippen LogP contribution is 2.25. The van der Waals surface area contributed by atoms with Crippen molar-refractivity contribution < 1.29 is 12.8 Å². The van der Waals surface area contributed by atoms with Crippen LogP contribution in [0.15, 0.2) is 0 Å². The van der Waals surface area contributed by atoms with E-state index in [0.717, 1.165) is 12.8 Å². The fourth-order valence-electron chi connectivity index (χ4n) is 1.71. The van der Waals surface area contributed by atoms with E-state index in [4.69, 9.17) is 0 Å². The van der Waals surface area contributed by atoms with Crippen molar-refractivity contribution in [3.05, 3.63) is 0 Å². The molecule has 0 saturated carbocycles. The monoisotopic (exact) mass is 209 g/mol. The van der Waals surface area contributed by atoms with E-state index in [2.05, 4.69) is 5.32 Å². The molecular weight excluding hydrogens is 193 g/mol. The number of rotatable bonds is 2. The summed E-state index contributed by atoms with van der Waals surface area (Å²) in [5.74, 6) is -0.332. The Balaban J connectivity index is 2.62. The molecule has 0 radical (unpaired) electrons. The summed E-state index contributed by atoms with van der Waals surface area (Å²) in [6, 6.07) is 0. The van der Waals surface area contributed by atoms with Crippen LogP contribution in [0.1, 0.15) is 19.3 Å². The van der Waals surface area contributed by atoms with E-state index in [1.807, 2.05) is 0 Å². The van der Waals surface area contributed by atoms with Crippen molar-refractivity contribution >= 4 is 9.84 Å². The third-order valence-electron chi connectivity index (χ3n) is 2.25. The van der Waals surface area contributed by atoms with Crippen molar-refractivity contribution in [2.75, 3.05) is 25.1 Å². The van der Waals surface area contributed by atoms with Gasteiger partial charge in [-0.05, 0) is 32.4 Å². The molecule has 13 heavy (non-hydrogen) atoms. The maximum Gasteiger partial charge on any atom is 0.150 e. The standard InChI is InChI=1S/C8H16FNO2S/c1-13(11,12)7-8(9)3-2-5-10-6-4-8/h10H,2-7H2,1H3. The van der Waals surface area contributed by atoms with Gasteiger partial charge in [-0.3, -0.25) is 0 Å². The second-order valence-corrected chi connectivity index (χ2v) is 5.96. The fourth-order valence-corrected chi connectivity index (χ4v) is 2.94. The first-order chi connectivity index (χ1) is 5.91. The van der Waals surface area contributed by atoms with Crippen LogP contribution < -0.4 is 5.32 Å². The average Bonchev–Trinajstić information content (AvgIpc) is 2.09. The largest absolute Gasteiger partial charge is 0.317 e. The molecule has 0 amide bonds. The molecule has 1 saturated heterocycles. The lowest BCUT2D eigenvalue weighted by molar-refractivity contribution is 0.173. The molecule has 1 fully saturated rings. The summed E-state index contributed by atoms with van der Waals surface area (Å²) < 4.78 is 35.8. The number of hydrogen-bond acceptors (Lipinski definition) is 3. The minimum absolute atomic E-state index is 0.306. The summed E-state index contributed by atoms with van der Waals surface area (Å²) in [5.41, 5.74) is -1.50. The van der Waals surface area contributed by atoms with Gasteiger partial charge in [-0.25, -0.2) is 12.8 Å². The van der Waals surface area contributed by atoms with Crippen LogP contribution in [0.25, 0.3) is 0 Å². The Labute approximate surface area is 78.6 Å². The third kappa shape index (κ3) is 4.04. The number of nitrogens with one attached hydrogen (secondary N) is 1. The molecule has 3 nitrogen and oxygen atoms in total. The summed E-state index contributed by atoms with van der Waals surface area (Å²) in [5, 5.41) is 3.05. The maximum atomic E-state index is 13.9. The molecule has 1 atom stereocenters. The molecular formula is C8H16FNO2S. The van der Waals surface area contributed by atoms with Crippen LogP contribution in [0.4, 0.5) is 4.39 Å². The van der Waals surface area contributed by atoms with E-state index < -0.39 is 15.5 Å². The molecule has 1 N–H and O–H groups in total. The molecule has 78 valence electrons. The van der Waals surface area contributed by atoms with E-state index >= 15 is 0 Å². The van der Waals surface area contributed by atoms with E-state index in [1.54, 1.807) is 0 Å². The molecule has 1 heterocycles. The van der Waals surface area contributed by atoms with Crippen LogP contribution in [0.5, 0.6) is 0 Å². The molecule has 0 aromatic heterocycles. The van der Waals surface area contributed by atoms with Crippen LogP contribution in [-0.2, 0) is 9.84 Å². The summed E-state index contributed by atoms with van der Waals surface area (Å²) in [7, 11) is -3.20. The normalized spacial score (nSPS) is 31.2. The third-order valence-corrected chi connectivity index (χ3v) is 3.29. The first kappa shape index (κ1) is 10.9. The van der Waals surface area contributed by atoms with Gasteiger partial charge < -0.3 is 5.32 Å². The SMILES string of the molecule is CS(=O)(=O)CC1(F)CCCNCC1. The van der Waals surface area contributed by atoms with Gasteiger partial charge in [0, 0.05) is 6.26 Å². The highest BCUT2D eigenvalue weighted by atomic mass is 32.2. The summed E-state index contributed by atoms with van der Waals surface area (Å²) in [6.45, 7) is 1.36. The highest BCUT2D eigenvalue weighted by Gasteiger charge is 2.33. The number of alkyl halides is 1. The first-order valence-corrected chi connectivity index (χ1v) is 6.55. The van der Waals surface area contributed by atoms with Gasteiger partial charge in [0.25, 0.3) is 0 Å². The molecule has 1 aliphatic heterocycles. The zero-order valence-corrected chi connectivity index (χ0v) is 8.66. The molecule has 1 rings (SSSR count). The van der Waals surface area contributed by atoms with Crippen LogP contribution in [0, 0.1) is 0 Å².